The lowest BCUT2D eigenvalue weighted by Crippen LogP contribution is -2.38. The van der Waals surface area contributed by atoms with E-state index in [0.29, 0.717) is 6.54 Å². The van der Waals surface area contributed by atoms with Crippen molar-refractivity contribution in [3.63, 3.8) is 0 Å². The highest BCUT2D eigenvalue weighted by molar-refractivity contribution is 5.52. The SMILES string of the molecule is OC[C@H]1N[C@H](Cn2nncc2-c2ccccn2)[C@@H](O)[C@@H]1O. The lowest BCUT2D eigenvalue weighted by Gasteiger charge is -2.16. The van der Waals surface area contributed by atoms with Gasteiger partial charge in [-0.05, 0) is 12.1 Å². The molecule has 0 aliphatic carbocycles. The smallest absolute Gasteiger partial charge is 0.107 e. The van der Waals surface area contributed by atoms with Crippen LogP contribution in [0.1, 0.15) is 0 Å². The van der Waals surface area contributed by atoms with Crippen LogP contribution >= 0.6 is 0 Å². The van der Waals surface area contributed by atoms with Crippen LogP contribution in [0, 0.1) is 0 Å². The van der Waals surface area contributed by atoms with Crippen LogP contribution in [-0.2, 0) is 6.54 Å². The minimum absolute atomic E-state index is 0.237. The molecule has 2 aromatic heterocycles. The maximum atomic E-state index is 10.0. The first-order chi connectivity index (χ1) is 10.2. The minimum atomic E-state index is -0.998. The van der Waals surface area contributed by atoms with Gasteiger partial charge in [0.1, 0.15) is 5.69 Å². The Morgan fingerprint density at radius 3 is 2.67 bits per heavy atom. The highest BCUT2D eigenvalue weighted by Crippen LogP contribution is 2.19. The molecule has 0 bridgehead atoms. The van der Waals surface area contributed by atoms with E-state index >= 15 is 0 Å². The first kappa shape index (κ1) is 14.1. The standard InChI is InChI=1S/C13H17N5O3/c19-7-10-13(21)12(20)9(16-10)6-18-11(5-15-17-18)8-3-1-2-4-14-8/h1-5,9-10,12-13,16,19-21H,6-7H2/t9-,10-,12-,13-/m1/s1. The van der Waals surface area contributed by atoms with Crippen LogP contribution < -0.4 is 5.32 Å². The summed E-state index contributed by atoms with van der Waals surface area (Å²) in [6, 6.07) is 4.59. The molecule has 0 spiro atoms. The van der Waals surface area contributed by atoms with Crippen LogP contribution in [0.3, 0.4) is 0 Å². The third kappa shape index (κ3) is 2.66. The van der Waals surface area contributed by atoms with Gasteiger partial charge < -0.3 is 20.6 Å². The molecule has 8 heteroatoms. The molecule has 0 unspecified atom stereocenters. The Morgan fingerprint density at radius 2 is 2.00 bits per heavy atom. The number of rotatable bonds is 4. The molecule has 0 radical (unpaired) electrons. The molecule has 1 aliphatic rings. The molecule has 112 valence electrons. The molecule has 2 aromatic rings. The van der Waals surface area contributed by atoms with E-state index in [1.165, 1.54) is 0 Å². The summed E-state index contributed by atoms with van der Waals surface area (Å²) in [5.74, 6) is 0. The van der Waals surface area contributed by atoms with Gasteiger partial charge in [-0.15, -0.1) is 5.10 Å². The van der Waals surface area contributed by atoms with Crippen LogP contribution in [0.15, 0.2) is 30.6 Å². The Labute approximate surface area is 121 Å². The van der Waals surface area contributed by atoms with Gasteiger partial charge in [0, 0.05) is 6.20 Å². The average molecular weight is 291 g/mol. The van der Waals surface area contributed by atoms with Gasteiger partial charge in [0.25, 0.3) is 0 Å². The molecule has 3 heterocycles. The summed E-state index contributed by atoms with van der Waals surface area (Å²) in [6.45, 7) is 0.0832. The number of hydrogen-bond acceptors (Lipinski definition) is 7. The first-order valence-electron chi connectivity index (χ1n) is 6.73. The number of aromatic nitrogens is 4. The van der Waals surface area contributed by atoms with E-state index in [-0.39, 0.29) is 6.61 Å². The minimum Gasteiger partial charge on any atom is -0.395 e. The largest absolute Gasteiger partial charge is 0.395 e. The maximum absolute atomic E-state index is 10.0. The lowest BCUT2D eigenvalue weighted by molar-refractivity contribution is 0.0176. The van der Waals surface area contributed by atoms with E-state index < -0.39 is 24.3 Å². The van der Waals surface area contributed by atoms with Crippen molar-refractivity contribution in [2.75, 3.05) is 6.61 Å². The van der Waals surface area contributed by atoms with Crippen molar-refractivity contribution in [1.82, 2.24) is 25.3 Å². The summed E-state index contributed by atoms with van der Waals surface area (Å²) in [7, 11) is 0. The normalized spacial score (nSPS) is 28.9. The van der Waals surface area contributed by atoms with Gasteiger partial charge in [-0.25, -0.2) is 4.68 Å². The van der Waals surface area contributed by atoms with Crippen molar-refractivity contribution in [1.29, 1.82) is 0 Å². The summed E-state index contributed by atoms with van der Waals surface area (Å²) in [6.07, 6.45) is 1.31. The van der Waals surface area contributed by atoms with Gasteiger partial charge in [0.05, 0.1) is 49.3 Å². The lowest BCUT2D eigenvalue weighted by atomic mass is 10.1. The number of nitrogens with zero attached hydrogens (tertiary/aromatic N) is 4. The predicted molar refractivity (Wildman–Crippen MR) is 73.1 cm³/mol. The molecule has 8 nitrogen and oxygen atoms in total. The molecular weight excluding hydrogens is 274 g/mol. The summed E-state index contributed by atoms with van der Waals surface area (Å²) in [4.78, 5) is 4.25. The number of nitrogens with one attached hydrogen (secondary N) is 1. The van der Waals surface area contributed by atoms with Crippen molar-refractivity contribution in [2.24, 2.45) is 0 Å². The Morgan fingerprint density at radius 1 is 1.19 bits per heavy atom. The molecule has 3 rings (SSSR count). The fraction of sp³-hybridized carbons (Fsp3) is 0.462. The number of pyridine rings is 1. The van der Waals surface area contributed by atoms with E-state index in [9.17, 15) is 10.2 Å². The van der Waals surface area contributed by atoms with Gasteiger partial charge in [0.15, 0.2) is 0 Å². The third-order valence-corrected chi connectivity index (χ3v) is 3.71. The van der Waals surface area contributed by atoms with Gasteiger partial charge >= 0.3 is 0 Å². The molecular formula is C13H17N5O3. The highest BCUT2D eigenvalue weighted by Gasteiger charge is 2.40. The van der Waals surface area contributed by atoms with E-state index in [1.807, 2.05) is 18.2 Å². The third-order valence-electron chi connectivity index (χ3n) is 3.71. The Kier molecular flexibility index (Phi) is 3.93. The van der Waals surface area contributed by atoms with E-state index in [4.69, 9.17) is 5.11 Å². The second-order valence-electron chi connectivity index (χ2n) is 5.06. The summed E-state index contributed by atoms with van der Waals surface area (Å²) >= 11 is 0. The van der Waals surface area contributed by atoms with Gasteiger partial charge in [0.2, 0.25) is 0 Å². The number of hydrogen-bond donors (Lipinski definition) is 4. The topological polar surface area (TPSA) is 116 Å². The predicted octanol–water partition coefficient (Wildman–Crippen LogP) is -1.61. The van der Waals surface area contributed by atoms with Crippen molar-refractivity contribution >= 4 is 0 Å². The summed E-state index contributed by atoms with van der Waals surface area (Å²) in [5.41, 5.74) is 1.46. The zero-order valence-corrected chi connectivity index (χ0v) is 11.2. The molecule has 0 aromatic carbocycles. The molecule has 1 aliphatic heterocycles. The quantitative estimate of drug-likeness (QED) is 0.536. The fourth-order valence-corrected chi connectivity index (χ4v) is 2.56. The number of aliphatic hydroxyl groups is 3. The highest BCUT2D eigenvalue weighted by atomic mass is 16.3. The van der Waals surface area contributed by atoms with Crippen molar-refractivity contribution in [2.45, 2.75) is 30.8 Å². The van der Waals surface area contributed by atoms with Crippen molar-refractivity contribution in [3.8, 4) is 11.4 Å². The second-order valence-corrected chi connectivity index (χ2v) is 5.06. The Hall–Kier alpha value is -1.87. The van der Waals surface area contributed by atoms with Crippen LogP contribution in [0.25, 0.3) is 11.4 Å². The first-order valence-corrected chi connectivity index (χ1v) is 6.73. The monoisotopic (exact) mass is 291 g/mol. The molecule has 21 heavy (non-hydrogen) atoms. The average Bonchev–Trinajstić information content (AvgIpc) is 3.08. The van der Waals surface area contributed by atoms with Gasteiger partial charge in [-0.2, -0.15) is 0 Å². The van der Waals surface area contributed by atoms with Crippen LogP contribution in [0.5, 0.6) is 0 Å². The Balaban J connectivity index is 1.79. The van der Waals surface area contributed by atoms with Crippen molar-refractivity contribution in [3.05, 3.63) is 30.6 Å². The van der Waals surface area contributed by atoms with Crippen LogP contribution in [0.2, 0.25) is 0 Å². The zero-order chi connectivity index (χ0) is 14.8. The molecule has 0 amide bonds. The molecule has 1 fully saturated rings. The number of aliphatic hydroxyl groups excluding tert-OH is 3. The molecule has 4 atom stereocenters. The van der Waals surface area contributed by atoms with E-state index in [2.05, 4.69) is 20.6 Å². The van der Waals surface area contributed by atoms with Gasteiger partial charge in [-0.1, -0.05) is 11.3 Å². The Bertz CT molecular complexity index is 591. The molecule has 1 saturated heterocycles. The summed E-state index contributed by atoms with van der Waals surface area (Å²) in [5, 5.41) is 39.9. The van der Waals surface area contributed by atoms with Crippen LogP contribution in [-0.4, -0.2) is 66.2 Å². The van der Waals surface area contributed by atoms with Gasteiger partial charge in [-0.3, -0.25) is 4.98 Å². The zero-order valence-electron chi connectivity index (χ0n) is 11.2. The second kappa shape index (κ2) is 5.86. The van der Waals surface area contributed by atoms with E-state index in [0.717, 1.165) is 11.4 Å². The molecule has 0 saturated carbocycles. The van der Waals surface area contributed by atoms with Crippen LogP contribution in [0.4, 0.5) is 0 Å². The van der Waals surface area contributed by atoms with Crippen molar-refractivity contribution < 1.29 is 15.3 Å². The maximum Gasteiger partial charge on any atom is 0.107 e. The fourth-order valence-electron chi connectivity index (χ4n) is 2.56. The summed E-state index contributed by atoms with van der Waals surface area (Å²) < 4.78 is 1.62. The van der Waals surface area contributed by atoms with E-state index in [1.54, 1.807) is 17.1 Å². The molecule has 4 N–H and O–H groups in total.